The van der Waals surface area contributed by atoms with E-state index in [2.05, 4.69) is 27.0 Å². The Kier molecular flexibility index (Phi) is 2.79. The monoisotopic (exact) mass is 355 g/mol. The van der Waals surface area contributed by atoms with Crippen molar-refractivity contribution in [3.05, 3.63) is 42.8 Å². The number of nitrogens with one attached hydrogen (secondary N) is 1. The molecule has 3 nitrogen and oxygen atoms in total. The summed E-state index contributed by atoms with van der Waals surface area (Å²) in [6.07, 6.45) is 0. The molecule has 3 heterocycles. The molecule has 0 bridgehead atoms. The minimum atomic E-state index is 0.0428. The number of thioether (sulfide) groups is 1. The fourth-order valence-electron chi connectivity index (χ4n) is 2.77. The third kappa shape index (κ3) is 1.88. The molecule has 1 N–H and O–H groups in total. The zero-order valence-electron chi connectivity index (χ0n) is 9.81. The average Bonchev–Trinajstić information content (AvgIpc) is 2.78. The fourth-order valence-corrected chi connectivity index (χ4v) is 5.56. The Hall–Kier alpha value is -0.720. The normalized spacial score (nSPS) is 24.1. The number of H-pyrrole nitrogens is 1. The number of rotatable bonds is 0. The lowest BCUT2D eigenvalue weighted by Gasteiger charge is -2.36. The highest BCUT2D eigenvalue weighted by Gasteiger charge is 2.38. The molecule has 1 aromatic carbocycles. The standard InChI is InChI=1S/C13H10BrNO2S2/c14-7-1-2-9-8(3-7)10-6(4-17-9)5-18-12-11(10)19-13(16)15-12/h1-3,6,10H,4-5H2,(H,15,16). The van der Waals surface area contributed by atoms with Gasteiger partial charge in [-0.2, -0.15) is 0 Å². The number of fused-ring (bicyclic) bond motifs is 5. The van der Waals surface area contributed by atoms with Crippen molar-refractivity contribution in [2.24, 2.45) is 5.92 Å². The Bertz CT molecular complexity index is 709. The van der Waals surface area contributed by atoms with Crippen LogP contribution in [0.5, 0.6) is 5.75 Å². The zero-order chi connectivity index (χ0) is 13.0. The lowest BCUT2D eigenvalue weighted by Crippen LogP contribution is -2.30. The van der Waals surface area contributed by atoms with Crippen LogP contribution in [0.4, 0.5) is 0 Å². The van der Waals surface area contributed by atoms with E-state index in [4.69, 9.17) is 4.74 Å². The summed E-state index contributed by atoms with van der Waals surface area (Å²) in [4.78, 5) is 15.8. The first-order valence-electron chi connectivity index (χ1n) is 6.00. The molecule has 6 heteroatoms. The molecule has 0 fully saturated rings. The van der Waals surface area contributed by atoms with Gasteiger partial charge in [-0.3, -0.25) is 4.79 Å². The summed E-state index contributed by atoms with van der Waals surface area (Å²) in [5, 5.41) is 1.05. The van der Waals surface area contributed by atoms with E-state index in [0.717, 1.165) is 27.6 Å². The summed E-state index contributed by atoms with van der Waals surface area (Å²) in [6.45, 7) is 0.734. The molecule has 0 aliphatic carbocycles. The maximum atomic E-state index is 11.6. The van der Waals surface area contributed by atoms with Gasteiger partial charge in [-0.1, -0.05) is 27.3 Å². The van der Waals surface area contributed by atoms with Crippen molar-refractivity contribution >= 4 is 39.0 Å². The number of benzene rings is 1. The molecular formula is C13H10BrNO2S2. The van der Waals surface area contributed by atoms with Crippen LogP contribution in [0, 0.1) is 5.92 Å². The van der Waals surface area contributed by atoms with Gasteiger partial charge >= 0.3 is 4.87 Å². The van der Waals surface area contributed by atoms with Crippen molar-refractivity contribution in [3.8, 4) is 5.75 Å². The van der Waals surface area contributed by atoms with Crippen molar-refractivity contribution in [1.82, 2.24) is 4.98 Å². The molecule has 1 aromatic heterocycles. The van der Waals surface area contributed by atoms with Crippen molar-refractivity contribution in [2.45, 2.75) is 10.9 Å². The van der Waals surface area contributed by atoms with Gasteiger partial charge in [0.1, 0.15) is 5.75 Å². The van der Waals surface area contributed by atoms with Crippen molar-refractivity contribution in [1.29, 1.82) is 0 Å². The Balaban J connectivity index is 1.94. The van der Waals surface area contributed by atoms with Crippen LogP contribution in [-0.4, -0.2) is 17.3 Å². The van der Waals surface area contributed by atoms with Gasteiger partial charge in [0.15, 0.2) is 0 Å². The van der Waals surface area contributed by atoms with E-state index in [0.29, 0.717) is 11.8 Å². The molecular weight excluding hydrogens is 346 g/mol. The van der Waals surface area contributed by atoms with Gasteiger partial charge < -0.3 is 9.72 Å². The van der Waals surface area contributed by atoms with Gasteiger partial charge in [0, 0.05) is 32.5 Å². The SMILES string of the molecule is O=c1[nH]c2c(s1)C1c3cc(Br)ccc3OCC1CS2. The second-order valence-electron chi connectivity index (χ2n) is 4.75. The smallest absolute Gasteiger partial charge is 0.305 e. The highest BCUT2D eigenvalue weighted by atomic mass is 79.9. The fraction of sp³-hybridized carbons (Fsp3) is 0.308. The first-order valence-corrected chi connectivity index (χ1v) is 8.60. The first-order chi connectivity index (χ1) is 9.22. The van der Waals surface area contributed by atoms with Crippen LogP contribution in [0.2, 0.25) is 0 Å². The van der Waals surface area contributed by atoms with Crippen LogP contribution in [0.3, 0.4) is 0 Å². The summed E-state index contributed by atoms with van der Waals surface area (Å²) in [5.74, 6) is 2.69. The molecule has 2 aliphatic heterocycles. The van der Waals surface area contributed by atoms with E-state index in [-0.39, 0.29) is 4.87 Å². The molecule has 0 saturated heterocycles. The Morgan fingerprint density at radius 3 is 3.21 bits per heavy atom. The minimum absolute atomic E-state index is 0.0428. The lowest BCUT2D eigenvalue weighted by atomic mass is 9.84. The second-order valence-corrected chi connectivity index (χ2v) is 7.71. The second kappa shape index (κ2) is 4.40. The molecule has 19 heavy (non-hydrogen) atoms. The maximum Gasteiger partial charge on any atom is 0.305 e. The highest BCUT2D eigenvalue weighted by Crippen LogP contribution is 2.50. The molecule has 2 aromatic rings. The molecule has 0 amide bonds. The van der Waals surface area contributed by atoms with Crippen LogP contribution < -0.4 is 9.61 Å². The molecule has 98 valence electrons. The van der Waals surface area contributed by atoms with Gasteiger partial charge in [0.05, 0.1) is 11.6 Å². The molecule has 2 aliphatic rings. The number of thiazole rings is 1. The van der Waals surface area contributed by atoms with E-state index in [9.17, 15) is 4.79 Å². The first kappa shape index (κ1) is 12.1. The van der Waals surface area contributed by atoms with Gasteiger partial charge in [0.2, 0.25) is 0 Å². The van der Waals surface area contributed by atoms with E-state index in [1.807, 2.05) is 12.1 Å². The molecule has 0 spiro atoms. The van der Waals surface area contributed by atoms with E-state index in [1.165, 1.54) is 21.8 Å². The average molecular weight is 356 g/mol. The van der Waals surface area contributed by atoms with Gasteiger partial charge in [0.25, 0.3) is 0 Å². The summed E-state index contributed by atoms with van der Waals surface area (Å²) in [7, 11) is 0. The van der Waals surface area contributed by atoms with Gasteiger partial charge in [-0.25, -0.2) is 0 Å². The number of aromatic nitrogens is 1. The quantitative estimate of drug-likeness (QED) is 0.786. The molecule has 0 radical (unpaired) electrons. The number of hydrogen-bond donors (Lipinski definition) is 1. The number of halogens is 1. The molecule has 0 saturated carbocycles. The summed E-state index contributed by atoms with van der Waals surface area (Å²) < 4.78 is 6.91. The minimum Gasteiger partial charge on any atom is -0.493 e. The van der Waals surface area contributed by atoms with Crippen LogP contribution >= 0.6 is 39.0 Å². The van der Waals surface area contributed by atoms with Crippen LogP contribution in [-0.2, 0) is 0 Å². The highest BCUT2D eigenvalue weighted by molar-refractivity contribution is 9.10. The summed E-state index contributed by atoms with van der Waals surface area (Å²) in [5.41, 5.74) is 1.20. The lowest BCUT2D eigenvalue weighted by molar-refractivity contribution is 0.219. The Labute approximate surface area is 126 Å². The predicted molar refractivity (Wildman–Crippen MR) is 80.6 cm³/mol. The van der Waals surface area contributed by atoms with Crippen LogP contribution in [0.15, 0.2) is 32.5 Å². The van der Waals surface area contributed by atoms with Gasteiger partial charge in [-0.05, 0) is 18.2 Å². The summed E-state index contributed by atoms with van der Waals surface area (Å²) >= 11 is 6.60. The van der Waals surface area contributed by atoms with Gasteiger partial charge in [-0.15, -0.1) is 11.8 Å². The molecule has 2 atom stereocenters. The molecule has 2 unspecified atom stereocenters. The Morgan fingerprint density at radius 2 is 2.32 bits per heavy atom. The number of hydrogen-bond acceptors (Lipinski definition) is 4. The van der Waals surface area contributed by atoms with Crippen LogP contribution in [0.1, 0.15) is 16.4 Å². The van der Waals surface area contributed by atoms with Crippen LogP contribution in [0.25, 0.3) is 0 Å². The number of aromatic amines is 1. The molecule has 4 rings (SSSR count). The third-order valence-electron chi connectivity index (χ3n) is 3.60. The predicted octanol–water partition coefficient (Wildman–Crippen LogP) is 3.45. The van der Waals surface area contributed by atoms with E-state index in [1.54, 1.807) is 11.8 Å². The maximum absolute atomic E-state index is 11.6. The van der Waals surface area contributed by atoms with Crippen molar-refractivity contribution in [3.63, 3.8) is 0 Å². The zero-order valence-corrected chi connectivity index (χ0v) is 13.0. The topological polar surface area (TPSA) is 42.1 Å². The number of ether oxygens (including phenoxy) is 1. The largest absolute Gasteiger partial charge is 0.493 e. The summed E-state index contributed by atoms with van der Waals surface area (Å²) in [6, 6.07) is 6.12. The van der Waals surface area contributed by atoms with Crippen molar-refractivity contribution in [2.75, 3.05) is 12.4 Å². The third-order valence-corrected chi connectivity index (χ3v) is 6.39. The van der Waals surface area contributed by atoms with Crippen molar-refractivity contribution < 1.29 is 4.74 Å². The van der Waals surface area contributed by atoms with E-state index >= 15 is 0 Å². The van der Waals surface area contributed by atoms with E-state index < -0.39 is 0 Å². The Morgan fingerprint density at radius 1 is 1.42 bits per heavy atom.